The van der Waals surface area contributed by atoms with Gasteiger partial charge in [0.25, 0.3) is 0 Å². The Hall–Kier alpha value is -1.93. The maximum Gasteiger partial charge on any atom is 0.127 e. The van der Waals surface area contributed by atoms with Crippen LogP contribution in [0.15, 0.2) is 65.7 Å². The van der Waals surface area contributed by atoms with Gasteiger partial charge in [0.15, 0.2) is 0 Å². The Bertz CT molecular complexity index is 528. The third-order valence-electron chi connectivity index (χ3n) is 2.42. The molecule has 2 rings (SSSR count). The first-order valence-corrected chi connectivity index (χ1v) is 6.40. The van der Waals surface area contributed by atoms with Gasteiger partial charge >= 0.3 is 0 Å². The van der Waals surface area contributed by atoms with E-state index in [4.69, 9.17) is 21.1 Å². The summed E-state index contributed by atoms with van der Waals surface area (Å²) in [5.74, 6) is 2.38. The summed E-state index contributed by atoms with van der Waals surface area (Å²) < 4.78 is 11.2. The predicted octanol–water partition coefficient (Wildman–Crippen LogP) is 5.00. The molecule has 0 saturated carbocycles. The molecule has 0 N–H and O–H groups in total. The van der Waals surface area contributed by atoms with Gasteiger partial charge in [-0.15, -0.1) is 0 Å². The van der Waals surface area contributed by atoms with E-state index >= 15 is 0 Å². The van der Waals surface area contributed by atoms with E-state index in [1.54, 1.807) is 0 Å². The van der Waals surface area contributed by atoms with Crippen LogP contribution in [-0.2, 0) is 0 Å². The van der Waals surface area contributed by atoms with Gasteiger partial charge in [0.1, 0.15) is 23.9 Å². The van der Waals surface area contributed by atoms with Crippen molar-refractivity contribution < 1.29 is 9.47 Å². The highest BCUT2D eigenvalue weighted by Gasteiger charge is 1.97. The number of benzene rings is 2. The molecule has 2 aromatic rings. The SMILES string of the molecule is CC(Cl)=CCOc1ccc(Oc2ccccc2)cc1. The second-order valence-electron chi connectivity index (χ2n) is 3.99. The third-order valence-corrected chi connectivity index (χ3v) is 2.57. The zero-order valence-electron chi connectivity index (χ0n) is 10.7. The van der Waals surface area contributed by atoms with Gasteiger partial charge in [-0.3, -0.25) is 0 Å². The van der Waals surface area contributed by atoms with Gasteiger partial charge in [-0.25, -0.2) is 0 Å². The number of halogens is 1. The lowest BCUT2D eigenvalue weighted by Crippen LogP contribution is -1.93. The van der Waals surface area contributed by atoms with Gasteiger partial charge in [-0.2, -0.15) is 0 Å². The Morgan fingerprint density at radius 2 is 1.53 bits per heavy atom. The van der Waals surface area contributed by atoms with Crippen LogP contribution in [0, 0.1) is 0 Å². The van der Waals surface area contributed by atoms with Crippen molar-refractivity contribution in [2.75, 3.05) is 6.61 Å². The van der Waals surface area contributed by atoms with E-state index in [0.29, 0.717) is 6.61 Å². The highest BCUT2D eigenvalue weighted by molar-refractivity contribution is 6.29. The molecular formula is C16H15ClO2. The van der Waals surface area contributed by atoms with Crippen LogP contribution in [0.1, 0.15) is 6.92 Å². The van der Waals surface area contributed by atoms with Crippen molar-refractivity contribution in [1.82, 2.24) is 0 Å². The van der Waals surface area contributed by atoms with Crippen molar-refractivity contribution >= 4 is 11.6 Å². The van der Waals surface area contributed by atoms with Crippen molar-refractivity contribution in [2.24, 2.45) is 0 Å². The molecule has 19 heavy (non-hydrogen) atoms. The van der Waals surface area contributed by atoms with Crippen LogP contribution in [0.2, 0.25) is 0 Å². The molecule has 0 radical (unpaired) electrons. The Labute approximate surface area is 118 Å². The largest absolute Gasteiger partial charge is 0.489 e. The minimum absolute atomic E-state index is 0.466. The van der Waals surface area contributed by atoms with Crippen LogP contribution in [0.4, 0.5) is 0 Å². The molecule has 0 aliphatic rings. The van der Waals surface area contributed by atoms with E-state index in [2.05, 4.69) is 0 Å². The minimum atomic E-state index is 0.466. The van der Waals surface area contributed by atoms with Gasteiger partial charge in [-0.05, 0) is 49.4 Å². The monoisotopic (exact) mass is 274 g/mol. The summed E-state index contributed by atoms with van der Waals surface area (Å²) >= 11 is 5.72. The smallest absolute Gasteiger partial charge is 0.127 e. The number of hydrogen-bond acceptors (Lipinski definition) is 2. The van der Waals surface area contributed by atoms with Crippen molar-refractivity contribution in [3.8, 4) is 17.2 Å². The minimum Gasteiger partial charge on any atom is -0.489 e. The molecule has 2 aromatic carbocycles. The molecular weight excluding hydrogens is 260 g/mol. The molecule has 3 heteroatoms. The average Bonchev–Trinajstić information content (AvgIpc) is 2.42. The summed E-state index contributed by atoms with van der Waals surface area (Å²) in [6, 6.07) is 17.2. The molecule has 0 aliphatic carbocycles. The molecule has 0 spiro atoms. The van der Waals surface area contributed by atoms with Crippen LogP contribution in [0.3, 0.4) is 0 Å². The first-order chi connectivity index (χ1) is 9.24. The van der Waals surface area contributed by atoms with E-state index in [1.807, 2.05) is 67.6 Å². The quantitative estimate of drug-likeness (QED) is 0.764. The second kappa shape index (κ2) is 6.86. The van der Waals surface area contributed by atoms with Crippen LogP contribution < -0.4 is 9.47 Å². The fourth-order valence-electron chi connectivity index (χ4n) is 1.48. The molecule has 2 nitrogen and oxygen atoms in total. The van der Waals surface area contributed by atoms with Gasteiger partial charge in [-0.1, -0.05) is 29.8 Å². The average molecular weight is 275 g/mol. The lowest BCUT2D eigenvalue weighted by molar-refractivity contribution is 0.361. The van der Waals surface area contributed by atoms with Gasteiger partial charge < -0.3 is 9.47 Å². The predicted molar refractivity (Wildman–Crippen MR) is 78.1 cm³/mol. The molecule has 98 valence electrons. The second-order valence-corrected chi connectivity index (χ2v) is 4.58. The number of para-hydroxylation sites is 1. The fourth-order valence-corrected chi connectivity index (χ4v) is 1.54. The van der Waals surface area contributed by atoms with Crippen LogP contribution >= 0.6 is 11.6 Å². The molecule has 0 amide bonds. The van der Waals surface area contributed by atoms with Crippen molar-refractivity contribution in [3.63, 3.8) is 0 Å². The van der Waals surface area contributed by atoms with Gasteiger partial charge in [0.05, 0.1) is 0 Å². The van der Waals surface area contributed by atoms with E-state index in [-0.39, 0.29) is 0 Å². The first-order valence-electron chi connectivity index (χ1n) is 6.02. The maximum atomic E-state index is 5.72. The Kier molecular flexibility index (Phi) is 4.87. The zero-order valence-corrected chi connectivity index (χ0v) is 11.4. The standard InChI is InChI=1S/C16H15ClO2/c1-13(17)11-12-18-14-7-9-16(10-8-14)19-15-5-3-2-4-6-15/h2-11H,12H2,1H3. The number of rotatable bonds is 5. The molecule has 0 aromatic heterocycles. The van der Waals surface area contributed by atoms with E-state index in [9.17, 15) is 0 Å². The normalized spacial score (nSPS) is 11.2. The molecule has 0 bridgehead atoms. The van der Waals surface area contributed by atoms with E-state index in [1.165, 1.54) is 0 Å². The number of ether oxygens (including phenoxy) is 2. The summed E-state index contributed by atoms with van der Waals surface area (Å²) in [7, 11) is 0. The summed E-state index contributed by atoms with van der Waals surface area (Å²) in [5, 5.41) is 0.726. The van der Waals surface area contributed by atoms with Crippen molar-refractivity contribution in [3.05, 3.63) is 65.7 Å². The summed E-state index contributed by atoms with van der Waals surface area (Å²) in [4.78, 5) is 0. The highest BCUT2D eigenvalue weighted by atomic mass is 35.5. The topological polar surface area (TPSA) is 18.5 Å². The molecule has 0 saturated heterocycles. The number of allylic oxidation sites excluding steroid dienone is 1. The zero-order chi connectivity index (χ0) is 13.5. The van der Waals surface area contributed by atoms with Crippen LogP contribution in [-0.4, -0.2) is 6.61 Å². The summed E-state index contributed by atoms with van der Waals surface area (Å²) in [6.45, 7) is 2.29. The summed E-state index contributed by atoms with van der Waals surface area (Å²) in [6.07, 6.45) is 1.82. The van der Waals surface area contributed by atoms with Crippen LogP contribution in [0.5, 0.6) is 17.2 Å². The molecule has 0 heterocycles. The molecule has 0 aliphatic heterocycles. The van der Waals surface area contributed by atoms with Gasteiger partial charge in [0, 0.05) is 5.03 Å². The molecule has 0 atom stereocenters. The summed E-state index contributed by atoms with van der Waals surface area (Å²) in [5.41, 5.74) is 0. The number of hydrogen-bond donors (Lipinski definition) is 0. The lowest BCUT2D eigenvalue weighted by atomic mass is 10.3. The van der Waals surface area contributed by atoms with Crippen molar-refractivity contribution in [1.29, 1.82) is 0 Å². The van der Waals surface area contributed by atoms with Crippen LogP contribution in [0.25, 0.3) is 0 Å². The van der Waals surface area contributed by atoms with E-state index < -0.39 is 0 Å². The third kappa shape index (κ3) is 4.68. The Morgan fingerprint density at radius 3 is 2.16 bits per heavy atom. The lowest BCUT2D eigenvalue weighted by Gasteiger charge is -2.07. The maximum absolute atomic E-state index is 5.72. The highest BCUT2D eigenvalue weighted by Crippen LogP contribution is 2.23. The first kappa shape index (κ1) is 13.5. The Balaban J connectivity index is 1.93. The Morgan fingerprint density at radius 1 is 0.947 bits per heavy atom. The van der Waals surface area contributed by atoms with Gasteiger partial charge in [0.2, 0.25) is 0 Å². The van der Waals surface area contributed by atoms with Crippen molar-refractivity contribution in [2.45, 2.75) is 6.92 Å². The van der Waals surface area contributed by atoms with E-state index in [0.717, 1.165) is 22.3 Å². The molecule has 0 unspecified atom stereocenters. The fraction of sp³-hybridized carbons (Fsp3) is 0.125. The molecule has 0 fully saturated rings.